The highest BCUT2D eigenvalue weighted by molar-refractivity contribution is 7.09. The molecule has 1 unspecified atom stereocenters. The zero-order valence-corrected chi connectivity index (χ0v) is 12.7. The normalized spacial score (nSPS) is 11.9. The first-order valence-electron chi connectivity index (χ1n) is 6.64. The van der Waals surface area contributed by atoms with Gasteiger partial charge in [0, 0.05) is 23.9 Å². The number of rotatable bonds is 7. The van der Waals surface area contributed by atoms with Crippen LogP contribution < -0.4 is 10.6 Å². The fourth-order valence-corrected chi connectivity index (χ4v) is 2.71. The number of nitro groups is 1. The van der Waals surface area contributed by atoms with Gasteiger partial charge < -0.3 is 10.6 Å². The fraction of sp³-hybridized carbons (Fsp3) is 0.385. The summed E-state index contributed by atoms with van der Waals surface area (Å²) in [6.45, 7) is 4.54. The van der Waals surface area contributed by atoms with Gasteiger partial charge in [-0.3, -0.25) is 10.1 Å². The van der Waals surface area contributed by atoms with Gasteiger partial charge in [0.15, 0.2) is 0 Å². The van der Waals surface area contributed by atoms with Crippen molar-refractivity contribution in [2.24, 2.45) is 0 Å². The number of thiophene rings is 1. The van der Waals surface area contributed by atoms with Crippen LogP contribution in [0.5, 0.6) is 0 Å². The number of anilines is 2. The lowest BCUT2D eigenvalue weighted by molar-refractivity contribution is -0.384. The first-order valence-corrected chi connectivity index (χ1v) is 7.52. The van der Waals surface area contributed by atoms with Crippen LogP contribution in [0, 0.1) is 10.1 Å². The molecule has 112 valence electrons. The summed E-state index contributed by atoms with van der Waals surface area (Å²) in [6, 6.07) is 4.07. The predicted octanol–water partition coefficient (Wildman–Crippen LogP) is 2.92. The molecule has 0 fully saturated rings. The maximum absolute atomic E-state index is 11.1. The van der Waals surface area contributed by atoms with E-state index < -0.39 is 4.92 Å². The molecule has 0 bridgehead atoms. The van der Waals surface area contributed by atoms with Crippen molar-refractivity contribution in [1.82, 2.24) is 9.97 Å². The van der Waals surface area contributed by atoms with Gasteiger partial charge in [-0.05, 0) is 25.3 Å². The first-order chi connectivity index (χ1) is 10.1. The van der Waals surface area contributed by atoms with Crippen LogP contribution in [-0.4, -0.2) is 27.5 Å². The molecule has 0 spiro atoms. The maximum Gasteiger partial charge on any atom is 0.329 e. The van der Waals surface area contributed by atoms with Crippen molar-refractivity contribution in [3.63, 3.8) is 0 Å². The molecular weight excluding hydrogens is 290 g/mol. The largest absolute Gasteiger partial charge is 0.361 e. The molecule has 7 nitrogen and oxygen atoms in total. The van der Waals surface area contributed by atoms with Gasteiger partial charge in [-0.2, -0.15) is 4.98 Å². The van der Waals surface area contributed by atoms with E-state index in [0.717, 1.165) is 6.42 Å². The summed E-state index contributed by atoms with van der Waals surface area (Å²) in [5, 5.41) is 19.1. The second kappa shape index (κ2) is 6.98. The van der Waals surface area contributed by atoms with Crippen LogP contribution in [0.15, 0.2) is 23.7 Å². The SMILES string of the molecule is CCNc1ncc([N+](=O)[O-])c(NC(C)Cc2cccs2)n1. The number of hydrogen-bond acceptors (Lipinski definition) is 7. The lowest BCUT2D eigenvalue weighted by Crippen LogP contribution is -2.20. The Morgan fingerprint density at radius 3 is 2.95 bits per heavy atom. The zero-order valence-electron chi connectivity index (χ0n) is 11.9. The highest BCUT2D eigenvalue weighted by atomic mass is 32.1. The van der Waals surface area contributed by atoms with E-state index in [1.54, 1.807) is 11.3 Å². The first kappa shape index (κ1) is 15.2. The molecule has 0 amide bonds. The number of nitrogens with zero attached hydrogens (tertiary/aromatic N) is 3. The molecule has 0 saturated carbocycles. The van der Waals surface area contributed by atoms with Gasteiger partial charge in [0.05, 0.1) is 4.92 Å². The van der Waals surface area contributed by atoms with Gasteiger partial charge in [-0.1, -0.05) is 6.07 Å². The predicted molar refractivity (Wildman–Crippen MR) is 84.0 cm³/mol. The average Bonchev–Trinajstić information content (AvgIpc) is 2.91. The van der Waals surface area contributed by atoms with Crippen LogP contribution >= 0.6 is 11.3 Å². The van der Waals surface area contributed by atoms with E-state index in [1.165, 1.54) is 11.1 Å². The van der Waals surface area contributed by atoms with Crippen molar-refractivity contribution in [3.8, 4) is 0 Å². The van der Waals surface area contributed by atoms with Crippen molar-refractivity contribution in [3.05, 3.63) is 38.7 Å². The van der Waals surface area contributed by atoms with Gasteiger partial charge >= 0.3 is 5.69 Å². The third-order valence-electron chi connectivity index (χ3n) is 2.77. The number of nitrogens with one attached hydrogen (secondary N) is 2. The van der Waals surface area contributed by atoms with E-state index in [1.807, 2.05) is 31.4 Å². The van der Waals surface area contributed by atoms with Crippen LogP contribution in [0.25, 0.3) is 0 Å². The molecule has 0 saturated heterocycles. The summed E-state index contributed by atoms with van der Waals surface area (Å²) in [5.74, 6) is 0.629. The van der Waals surface area contributed by atoms with Crippen LogP contribution in [0.2, 0.25) is 0 Å². The monoisotopic (exact) mass is 307 g/mol. The van der Waals surface area contributed by atoms with E-state index >= 15 is 0 Å². The van der Waals surface area contributed by atoms with Crippen LogP contribution in [0.3, 0.4) is 0 Å². The second-order valence-electron chi connectivity index (χ2n) is 4.54. The standard InChI is InChI=1S/C13H17N5O2S/c1-3-14-13-15-8-11(18(19)20)12(17-13)16-9(2)7-10-5-4-6-21-10/h4-6,8-9H,3,7H2,1-2H3,(H2,14,15,16,17). The lowest BCUT2D eigenvalue weighted by atomic mass is 10.2. The summed E-state index contributed by atoms with van der Waals surface area (Å²) in [7, 11) is 0. The molecular formula is C13H17N5O2S. The smallest absolute Gasteiger partial charge is 0.329 e. The Labute approximate surface area is 126 Å². The Morgan fingerprint density at radius 1 is 1.52 bits per heavy atom. The minimum absolute atomic E-state index is 0.0340. The van der Waals surface area contributed by atoms with Gasteiger partial charge in [-0.25, -0.2) is 4.98 Å². The van der Waals surface area contributed by atoms with Crippen LogP contribution in [-0.2, 0) is 6.42 Å². The third kappa shape index (κ3) is 4.12. The van der Waals surface area contributed by atoms with E-state index in [9.17, 15) is 10.1 Å². The molecule has 2 N–H and O–H groups in total. The van der Waals surface area contributed by atoms with Crippen molar-refractivity contribution in [2.45, 2.75) is 26.3 Å². The molecule has 0 aliphatic carbocycles. The molecule has 0 aliphatic rings. The lowest BCUT2D eigenvalue weighted by Gasteiger charge is -2.14. The average molecular weight is 307 g/mol. The van der Waals surface area contributed by atoms with Crippen LogP contribution in [0.4, 0.5) is 17.5 Å². The molecule has 0 radical (unpaired) electrons. The number of aromatic nitrogens is 2. The number of hydrogen-bond donors (Lipinski definition) is 2. The van der Waals surface area contributed by atoms with Crippen molar-refractivity contribution < 1.29 is 4.92 Å². The second-order valence-corrected chi connectivity index (χ2v) is 5.58. The highest BCUT2D eigenvalue weighted by Crippen LogP contribution is 2.23. The van der Waals surface area contributed by atoms with Crippen molar-refractivity contribution in [1.29, 1.82) is 0 Å². The molecule has 0 aliphatic heterocycles. The van der Waals surface area contributed by atoms with Gasteiger partial charge in [0.25, 0.3) is 0 Å². The molecule has 2 rings (SSSR count). The Kier molecular flexibility index (Phi) is 5.04. The van der Waals surface area contributed by atoms with E-state index in [2.05, 4.69) is 20.6 Å². The molecule has 21 heavy (non-hydrogen) atoms. The molecule has 0 aromatic carbocycles. The summed E-state index contributed by atoms with van der Waals surface area (Å²) >= 11 is 1.66. The highest BCUT2D eigenvalue weighted by Gasteiger charge is 2.19. The van der Waals surface area contributed by atoms with Crippen LogP contribution in [0.1, 0.15) is 18.7 Å². The third-order valence-corrected chi connectivity index (χ3v) is 3.67. The zero-order chi connectivity index (χ0) is 15.2. The fourth-order valence-electron chi connectivity index (χ4n) is 1.87. The minimum atomic E-state index is -0.476. The molecule has 2 heterocycles. The quantitative estimate of drug-likeness (QED) is 0.603. The van der Waals surface area contributed by atoms with Gasteiger partial charge in [-0.15, -0.1) is 11.3 Å². The molecule has 1 atom stereocenters. The van der Waals surface area contributed by atoms with Gasteiger partial charge in [0.1, 0.15) is 6.20 Å². The Hall–Kier alpha value is -2.22. The molecule has 2 aromatic heterocycles. The molecule has 8 heteroatoms. The van der Waals surface area contributed by atoms with Gasteiger partial charge in [0.2, 0.25) is 11.8 Å². The summed E-state index contributed by atoms with van der Waals surface area (Å²) in [6.07, 6.45) is 2.01. The summed E-state index contributed by atoms with van der Waals surface area (Å²) < 4.78 is 0. The summed E-state index contributed by atoms with van der Waals surface area (Å²) in [5.41, 5.74) is -0.116. The topological polar surface area (TPSA) is 93.0 Å². The minimum Gasteiger partial charge on any atom is -0.361 e. The Bertz CT molecular complexity index is 603. The van der Waals surface area contributed by atoms with E-state index in [-0.39, 0.29) is 17.5 Å². The molecule has 2 aromatic rings. The maximum atomic E-state index is 11.1. The van der Waals surface area contributed by atoms with E-state index in [0.29, 0.717) is 12.5 Å². The Morgan fingerprint density at radius 2 is 2.33 bits per heavy atom. The van der Waals surface area contributed by atoms with Crippen molar-refractivity contribution in [2.75, 3.05) is 17.2 Å². The van der Waals surface area contributed by atoms with E-state index in [4.69, 9.17) is 0 Å². The Balaban J connectivity index is 2.15. The summed E-state index contributed by atoms with van der Waals surface area (Å²) in [4.78, 5) is 19.9. The van der Waals surface area contributed by atoms with Crippen molar-refractivity contribution >= 4 is 28.8 Å².